The van der Waals surface area contributed by atoms with Crippen LogP contribution in [0.25, 0.3) is 0 Å². The molecule has 2 atom stereocenters. The predicted molar refractivity (Wildman–Crippen MR) is 174 cm³/mol. The summed E-state index contributed by atoms with van der Waals surface area (Å²) in [6.07, 6.45) is 5.75. The number of benzene rings is 2. The van der Waals surface area contributed by atoms with Crippen molar-refractivity contribution in [3.63, 3.8) is 0 Å². The van der Waals surface area contributed by atoms with E-state index in [0.717, 1.165) is 59.3 Å². The van der Waals surface area contributed by atoms with E-state index in [-0.39, 0.29) is 47.8 Å². The molecule has 0 amide bonds. The fraction of sp³-hybridized carbons (Fsp3) is 0.368. The zero-order valence-corrected chi connectivity index (χ0v) is 26.6. The van der Waals surface area contributed by atoms with Crippen LogP contribution in [0.5, 0.6) is 0 Å². The van der Waals surface area contributed by atoms with E-state index >= 15 is 0 Å². The second-order valence-corrected chi connectivity index (χ2v) is 12.6. The second kappa shape index (κ2) is 15.5. The summed E-state index contributed by atoms with van der Waals surface area (Å²) in [5, 5.41) is 17.8. The zero-order chi connectivity index (χ0) is 32.5. The first-order chi connectivity index (χ1) is 22.2. The van der Waals surface area contributed by atoms with Crippen molar-refractivity contribution in [3.05, 3.63) is 118 Å². The Morgan fingerprint density at radius 3 is 1.33 bits per heavy atom. The smallest absolute Gasteiger partial charge is 0.143 e. The summed E-state index contributed by atoms with van der Waals surface area (Å²) in [6.45, 7) is 3.13. The molecular weight excluding hydrogens is 576 g/mol. The maximum atomic E-state index is 12.7. The number of hydrogen-bond acceptors (Lipinski definition) is 8. The molecule has 1 aliphatic rings. The predicted octanol–water partition coefficient (Wildman–Crippen LogP) is 5.68. The third-order valence-electron chi connectivity index (χ3n) is 8.44. The Labute approximate surface area is 270 Å². The molecule has 2 heterocycles. The molecule has 0 saturated heterocycles. The third kappa shape index (κ3) is 9.64. The molecule has 46 heavy (non-hydrogen) atoms. The summed E-state index contributed by atoms with van der Waals surface area (Å²) >= 11 is 0. The first-order valence-electron chi connectivity index (χ1n) is 16.0. The van der Waals surface area contributed by atoms with E-state index in [1.807, 2.05) is 72.8 Å². The fourth-order valence-electron chi connectivity index (χ4n) is 6.35. The summed E-state index contributed by atoms with van der Waals surface area (Å²) < 4.78 is 0. The molecule has 8 heteroatoms. The number of hydrogen-bond donors (Lipinski definition) is 0. The van der Waals surface area contributed by atoms with Crippen LogP contribution in [0.1, 0.15) is 96.4 Å². The number of nitrogens with zero attached hydrogens (tertiary/aromatic N) is 4. The van der Waals surface area contributed by atoms with Crippen LogP contribution in [0.3, 0.4) is 0 Å². The van der Waals surface area contributed by atoms with E-state index in [1.54, 1.807) is 13.8 Å². The largest absolute Gasteiger partial charge is 0.300 e. The van der Waals surface area contributed by atoms with Crippen molar-refractivity contribution >= 4 is 23.1 Å². The Kier molecular flexibility index (Phi) is 11.0. The van der Waals surface area contributed by atoms with Crippen LogP contribution in [-0.4, -0.2) is 43.5 Å². The van der Waals surface area contributed by atoms with Gasteiger partial charge in [-0.2, -0.15) is 20.4 Å². The maximum absolute atomic E-state index is 12.7. The lowest BCUT2D eigenvalue weighted by Crippen LogP contribution is -2.17. The van der Waals surface area contributed by atoms with Crippen molar-refractivity contribution in [2.45, 2.75) is 89.9 Å². The number of rotatable bonds is 14. The van der Waals surface area contributed by atoms with Gasteiger partial charge in [0, 0.05) is 37.5 Å². The molecular formula is C38H40N4O4. The van der Waals surface area contributed by atoms with Crippen molar-refractivity contribution in [2.75, 3.05) is 0 Å². The summed E-state index contributed by atoms with van der Waals surface area (Å²) in [7, 11) is 0. The average molecular weight is 617 g/mol. The lowest BCUT2D eigenvalue weighted by atomic mass is 9.78. The Balaban J connectivity index is 1.12. The molecule has 0 aliphatic heterocycles. The molecule has 0 unspecified atom stereocenters. The van der Waals surface area contributed by atoms with Gasteiger partial charge in [0.2, 0.25) is 0 Å². The lowest BCUT2D eigenvalue weighted by molar-refractivity contribution is -0.118. The summed E-state index contributed by atoms with van der Waals surface area (Å²) in [5.74, 6) is 0.813. The van der Waals surface area contributed by atoms with Gasteiger partial charge in [0.1, 0.15) is 23.1 Å². The second-order valence-electron chi connectivity index (χ2n) is 12.6. The van der Waals surface area contributed by atoms with Crippen molar-refractivity contribution in [3.8, 4) is 0 Å². The molecule has 5 rings (SSSR count). The Hall–Kier alpha value is -4.72. The molecule has 0 radical (unpaired) electrons. The van der Waals surface area contributed by atoms with Crippen LogP contribution in [0, 0.1) is 0 Å². The molecule has 0 bridgehead atoms. The van der Waals surface area contributed by atoms with Crippen LogP contribution in [0.4, 0.5) is 0 Å². The Bertz CT molecular complexity index is 1570. The highest BCUT2D eigenvalue weighted by molar-refractivity contribution is 5.84. The normalized spacial score (nSPS) is 16.1. The summed E-state index contributed by atoms with van der Waals surface area (Å²) in [4.78, 5) is 48.3. The minimum atomic E-state index is 0.0577. The molecule has 1 saturated carbocycles. The van der Waals surface area contributed by atoms with Crippen LogP contribution in [0.2, 0.25) is 0 Å². The standard InChI is InChI=1S/C38H40N4O4/c1-25(43)16-27-6-3-8-29(18-27)20-35(45)23-33-12-14-37(41-39-33)31-10-5-11-32(22-31)38-15-13-34(40-42-38)24-36(46)21-30-9-4-7-28(19-30)17-26(2)44/h3-4,6-9,12-15,18-19,31-32H,5,10-11,16-17,20-24H2,1-2H3/t31-,32-/m0/s1. The van der Waals surface area contributed by atoms with E-state index in [1.165, 1.54) is 0 Å². The number of aromatic nitrogens is 4. The topological polar surface area (TPSA) is 120 Å². The minimum Gasteiger partial charge on any atom is -0.300 e. The van der Waals surface area contributed by atoms with Gasteiger partial charge in [-0.15, -0.1) is 0 Å². The SMILES string of the molecule is CC(=O)Cc1cccc(CC(=O)Cc2ccc([C@H]3CCC[C@H](c4ccc(CC(=O)Cc5cccc(CC(C)=O)c5)nn4)C3)nn2)c1. The van der Waals surface area contributed by atoms with Crippen LogP contribution in [0.15, 0.2) is 72.8 Å². The Morgan fingerprint density at radius 2 is 0.957 bits per heavy atom. The summed E-state index contributed by atoms with van der Waals surface area (Å²) in [5.41, 5.74) is 6.81. The van der Waals surface area contributed by atoms with Gasteiger partial charge in [0.05, 0.1) is 35.6 Å². The first-order valence-corrected chi connectivity index (χ1v) is 16.0. The monoisotopic (exact) mass is 616 g/mol. The number of carbonyl (C=O) groups excluding carboxylic acids is 4. The molecule has 2 aromatic carbocycles. The Morgan fingerprint density at radius 1 is 0.543 bits per heavy atom. The highest BCUT2D eigenvalue weighted by Crippen LogP contribution is 2.39. The fourth-order valence-corrected chi connectivity index (χ4v) is 6.35. The highest BCUT2D eigenvalue weighted by atomic mass is 16.1. The highest BCUT2D eigenvalue weighted by Gasteiger charge is 2.27. The van der Waals surface area contributed by atoms with Crippen molar-refractivity contribution in [2.24, 2.45) is 0 Å². The molecule has 8 nitrogen and oxygen atoms in total. The van der Waals surface area contributed by atoms with Gasteiger partial charge in [-0.25, -0.2) is 0 Å². The van der Waals surface area contributed by atoms with E-state index < -0.39 is 0 Å². The van der Waals surface area contributed by atoms with Gasteiger partial charge in [-0.3, -0.25) is 19.2 Å². The van der Waals surface area contributed by atoms with E-state index in [2.05, 4.69) is 20.4 Å². The van der Waals surface area contributed by atoms with Crippen molar-refractivity contribution in [1.29, 1.82) is 0 Å². The maximum Gasteiger partial charge on any atom is 0.143 e. The van der Waals surface area contributed by atoms with Gasteiger partial charge in [-0.1, -0.05) is 55.0 Å². The zero-order valence-electron chi connectivity index (χ0n) is 26.6. The average Bonchev–Trinajstić information content (AvgIpc) is 3.01. The number of Topliss-reactive ketones (excluding diaryl/α,β-unsaturated/α-hetero) is 4. The first kappa shape index (κ1) is 32.7. The third-order valence-corrected chi connectivity index (χ3v) is 8.44. The number of ketones is 4. The van der Waals surface area contributed by atoms with Crippen LogP contribution in [-0.2, 0) is 57.7 Å². The van der Waals surface area contributed by atoms with Crippen molar-refractivity contribution in [1.82, 2.24) is 20.4 Å². The summed E-state index contributed by atoms with van der Waals surface area (Å²) in [6, 6.07) is 23.0. The van der Waals surface area contributed by atoms with E-state index in [4.69, 9.17) is 0 Å². The van der Waals surface area contributed by atoms with E-state index in [0.29, 0.717) is 37.1 Å². The molecule has 2 aromatic heterocycles. The molecule has 0 spiro atoms. The van der Waals surface area contributed by atoms with Crippen LogP contribution < -0.4 is 0 Å². The molecule has 4 aromatic rings. The van der Waals surface area contributed by atoms with Crippen molar-refractivity contribution < 1.29 is 19.2 Å². The molecule has 236 valence electrons. The van der Waals surface area contributed by atoms with Gasteiger partial charge in [-0.05, 0) is 79.6 Å². The lowest BCUT2D eigenvalue weighted by Gasteiger charge is -2.28. The molecule has 0 N–H and O–H groups in total. The van der Waals surface area contributed by atoms with Gasteiger partial charge >= 0.3 is 0 Å². The van der Waals surface area contributed by atoms with Gasteiger partial charge in [0.15, 0.2) is 0 Å². The minimum absolute atomic E-state index is 0.0577. The molecule has 1 aliphatic carbocycles. The quantitative estimate of drug-likeness (QED) is 0.178. The molecule has 1 fully saturated rings. The van der Waals surface area contributed by atoms with E-state index in [9.17, 15) is 19.2 Å². The van der Waals surface area contributed by atoms with Gasteiger partial charge < -0.3 is 0 Å². The van der Waals surface area contributed by atoms with Gasteiger partial charge in [0.25, 0.3) is 0 Å². The van der Waals surface area contributed by atoms with Crippen LogP contribution >= 0.6 is 0 Å². The number of carbonyl (C=O) groups is 4.